The van der Waals surface area contributed by atoms with Crippen molar-refractivity contribution in [3.8, 4) is 0 Å². The van der Waals surface area contributed by atoms with Gasteiger partial charge in [0.1, 0.15) is 0 Å². The van der Waals surface area contributed by atoms with Gasteiger partial charge in [0.2, 0.25) is 0 Å². The van der Waals surface area contributed by atoms with Gasteiger partial charge in [-0.25, -0.2) is 9.00 Å². The molecule has 2 rings (SSSR count). The number of aliphatic hydroxyl groups excluding tert-OH is 1. The Morgan fingerprint density at radius 3 is 2.55 bits per heavy atom. The highest BCUT2D eigenvalue weighted by Gasteiger charge is 2.37. The molecular formula is C13H15F3N2O3S. The minimum absolute atomic E-state index is 0.128. The number of amides is 2. The average Bonchev–Trinajstić information content (AvgIpc) is 2.95. The highest BCUT2D eigenvalue weighted by atomic mass is 32.2. The van der Waals surface area contributed by atoms with E-state index in [-0.39, 0.29) is 17.5 Å². The van der Waals surface area contributed by atoms with Gasteiger partial charge in [-0.2, -0.15) is 13.2 Å². The second-order valence-electron chi connectivity index (χ2n) is 4.84. The van der Waals surface area contributed by atoms with Crippen LogP contribution >= 0.6 is 0 Å². The van der Waals surface area contributed by atoms with Gasteiger partial charge in [0.15, 0.2) is 10.8 Å². The molecule has 1 unspecified atom stereocenters. The van der Waals surface area contributed by atoms with Crippen molar-refractivity contribution in [2.75, 3.05) is 18.5 Å². The van der Waals surface area contributed by atoms with E-state index in [4.69, 9.17) is 5.11 Å². The van der Waals surface area contributed by atoms with Crippen LogP contribution in [0.25, 0.3) is 0 Å². The number of carbonyl (C=O) groups excluding carboxylic acids is 1. The van der Waals surface area contributed by atoms with Gasteiger partial charge in [0, 0.05) is 17.1 Å². The smallest absolute Gasteiger partial charge is 0.394 e. The van der Waals surface area contributed by atoms with E-state index in [0.29, 0.717) is 18.7 Å². The Morgan fingerprint density at radius 2 is 2.00 bits per heavy atom. The number of nitrogens with zero attached hydrogens (tertiary/aromatic N) is 1. The van der Waals surface area contributed by atoms with Gasteiger partial charge in [-0.3, -0.25) is 0 Å². The molecule has 9 heteroatoms. The zero-order chi connectivity index (χ0) is 16.3. The largest absolute Gasteiger partial charge is 0.475 e. The van der Waals surface area contributed by atoms with Gasteiger partial charge in [-0.05, 0) is 37.1 Å². The molecule has 5 nitrogen and oxygen atoms in total. The third kappa shape index (κ3) is 3.77. The number of anilines is 1. The first-order valence-corrected chi connectivity index (χ1v) is 7.75. The molecule has 0 spiro atoms. The fourth-order valence-corrected chi connectivity index (χ4v) is 2.93. The minimum Gasteiger partial charge on any atom is -0.394 e. The highest BCUT2D eigenvalue weighted by Crippen LogP contribution is 2.27. The maximum absolute atomic E-state index is 12.3. The molecule has 1 aliphatic heterocycles. The summed E-state index contributed by atoms with van der Waals surface area (Å²) in [5, 5.41) is 11.7. The fourth-order valence-electron chi connectivity index (χ4n) is 2.28. The number of likely N-dealkylation sites (tertiary alicyclic amines) is 1. The Kier molecular flexibility index (Phi) is 5.07. The molecule has 1 fully saturated rings. The van der Waals surface area contributed by atoms with Crippen LogP contribution in [0.5, 0.6) is 0 Å². The molecular weight excluding hydrogens is 321 g/mol. The Hall–Kier alpha value is -1.61. The lowest BCUT2D eigenvalue weighted by Crippen LogP contribution is -2.40. The van der Waals surface area contributed by atoms with Crippen molar-refractivity contribution in [3.05, 3.63) is 24.3 Å². The summed E-state index contributed by atoms with van der Waals surface area (Å²) in [5.74, 6) is 0. The molecule has 2 N–H and O–H groups in total. The van der Waals surface area contributed by atoms with E-state index in [2.05, 4.69) is 5.32 Å². The Balaban J connectivity index is 2.02. The summed E-state index contributed by atoms with van der Waals surface area (Å²) in [6, 6.07) is 4.00. The van der Waals surface area contributed by atoms with E-state index < -0.39 is 22.3 Å². The van der Waals surface area contributed by atoms with Crippen molar-refractivity contribution in [3.63, 3.8) is 0 Å². The number of hydrogen-bond acceptors (Lipinski definition) is 3. The summed E-state index contributed by atoms with van der Waals surface area (Å²) < 4.78 is 48.1. The van der Waals surface area contributed by atoms with Crippen LogP contribution in [0.3, 0.4) is 0 Å². The summed E-state index contributed by atoms with van der Waals surface area (Å²) in [6.07, 6.45) is 1.51. The number of rotatable bonds is 3. The van der Waals surface area contributed by atoms with E-state index in [1.807, 2.05) is 0 Å². The number of carbonyl (C=O) groups is 1. The molecule has 1 heterocycles. The third-order valence-corrected chi connectivity index (χ3v) is 4.50. The molecule has 0 aliphatic carbocycles. The molecule has 0 radical (unpaired) electrons. The normalized spacial score (nSPS) is 20.0. The van der Waals surface area contributed by atoms with E-state index in [0.717, 1.165) is 18.6 Å². The Labute approximate surface area is 127 Å². The van der Waals surface area contributed by atoms with Crippen LogP contribution in [0.1, 0.15) is 12.8 Å². The van der Waals surface area contributed by atoms with E-state index >= 15 is 0 Å². The number of benzene rings is 1. The second-order valence-corrected chi connectivity index (χ2v) is 6.31. The molecule has 22 heavy (non-hydrogen) atoms. The first-order valence-electron chi connectivity index (χ1n) is 6.60. The van der Waals surface area contributed by atoms with Crippen LogP contribution in [0.15, 0.2) is 29.2 Å². The van der Waals surface area contributed by atoms with Gasteiger partial charge >= 0.3 is 11.5 Å². The van der Waals surface area contributed by atoms with E-state index in [9.17, 15) is 22.2 Å². The number of urea groups is 1. The molecule has 1 aromatic carbocycles. The summed E-state index contributed by atoms with van der Waals surface area (Å²) in [4.78, 5) is 13.1. The maximum Gasteiger partial charge on any atom is 0.475 e. The molecule has 0 bridgehead atoms. The zero-order valence-electron chi connectivity index (χ0n) is 11.5. The molecule has 1 aliphatic rings. The fraction of sp³-hybridized carbons (Fsp3) is 0.462. The van der Waals surface area contributed by atoms with Gasteiger partial charge in [0.05, 0.1) is 12.6 Å². The molecule has 1 aromatic rings. The van der Waals surface area contributed by atoms with Crippen LogP contribution in [0, 0.1) is 0 Å². The number of alkyl halides is 3. The van der Waals surface area contributed by atoms with Gasteiger partial charge in [-0.15, -0.1) is 0 Å². The first kappa shape index (κ1) is 16.8. The predicted molar refractivity (Wildman–Crippen MR) is 74.7 cm³/mol. The summed E-state index contributed by atoms with van der Waals surface area (Å²) in [7, 11) is -3.09. The SMILES string of the molecule is O=C(Nc1ccc(S(=O)C(F)(F)F)cc1)N1CCC[C@H]1CO. The lowest BCUT2D eigenvalue weighted by molar-refractivity contribution is -0.0384. The predicted octanol–water partition coefficient (Wildman–Crippen LogP) is 2.30. The third-order valence-electron chi connectivity index (χ3n) is 3.38. The number of halogens is 3. The van der Waals surface area contributed by atoms with Crippen LogP contribution in [-0.2, 0) is 10.8 Å². The van der Waals surface area contributed by atoms with Crippen molar-refractivity contribution in [1.82, 2.24) is 4.90 Å². The summed E-state index contributed by atoms with van der Waals surface area (Å²) in [5.41, 5.74) is -4.51. The summed E-state index contributed by atoms with van der Waals surface area (Å²) >= 11 is 0. The minimum atomic E-state index is -4.81. The Morgan fingerprint density at radius 1 is 1.36 bits per heavy atom. The number of nitrogens with one attached hydrogen (secondary N) is 1. The molecule has 2 atom stereocenters. The number of aliphatic hydroxyl groups is 1. The lowest BCUT2D eigenvalue weighted by Gasteiger charge is -2.23. The van der Waals surface area contributed by atoms with Crippen molar-refractivity contribution >= 4 is 22.5 Å². The molecule has 122 valence electrons. The average molecular weight is 336 g/mol. The standard InChI is InChI=1S/C13H15F3N2O3S/c14-13(15,16)22(21)11-5-3-9(4-6-11)17-12(20)18-7-1-2-10(18)8-19/h3-6,10,19H,1-2,7-8H2,(H,17,20)/t10-,22?/m0/s1. The van der Waals surface area contributed by atoms with Crippen molar-refractivity contribution < 1.29 is 27.3 Å². The van der Waals surface area contributed by atoms with Crippen LogP contribution in [0.4, 0.5) is 23.7 Å². The molecule has 1 saturated heterocycles. The van der Waals surface area contributed by atoms with Crippen LogP contribution in [-0.4, -0.2) is 44.9 Å². The molecule has 2 amide bonds. The topological polar surface area (TPSA) is 69.6 Å². The second kappa shape index (κ2) is 6.66. The quantitative estimate of drug-likeness (QED) is 0.890. The van der Waals surface area contributed by atoms with Crippen molar-refractivity contribution in [2.24, 2.45) is 0 Å². The highest BCUT2D eigenvalue weighted by molar-refractivity contribution is 7.86. The lowest BCUT2D eigenvalue weighted by atomic mass is 10.2. The maximum atomic E-state index is 12.3. The zero-order valence-corrected chi connectivity index (χ0v) is 12.3. The van der Waals surface area contributed by atoms with E-state index in [1.54, 1.807) is 0 Å². The molecule has 0 aromatic heterocycles. The van der Waals surface area contributed by atoms with Gasteiger partial charge in [-0.1, -0.05) is 0 Å². The first-order chi connectivity index (χ1) is 10.3. The Bertz CT molecular complexity index is 563. The van der Waals surface area contributed by atoms with Crippen molar-refractivity contribution in [1.29, 1.82) is 0 Å². The van der Waals surface area contributed by atoms with Gasteiger partial charge in [0.25, 0.3) is 0 Å². The van der Waals surface area contributed by atoms with Gasteiger partial charge < -0.3 is 15.3 Å². The van der Waals surface area contributed by atoms with E-state index in [1.165, 1.54) is 17.0 Å². The monoisotopic (exact) mass is 336 g/mol. The molecule has 0 saturated carbocycles. The summed E-state index contributed by atoms with van der Waals surface area (Å²) in [6.45, 7) is 0.393. The van der Waals surface area contributed by atoms with Crippen LogP contribution < -0.4 is 5.32 Å². The van der Waals surface area contributed by atoms with Crippen LogP contribution in [0.2, 0.25) is 0 Å². The van der Waals surface area contributed by atoms with Crippen molar-refractivity contribution in [2.45, 2.75) is 29.3 Å². The number of hydrogen-bond donors (Lipinski definition) is 2.